The number of nitrogens with two attached hydrogens (primary N) is 1. The predicted octanol–water partition coefficient (Wildman–Crippen LogP) is 1.71. The Balaban J connectivity index is 3.08. The first-order valence-electron chi connectivity index (χ1n) is 4.29. The second kappa shape index (κ2) is 5.44. The maximum Gasteiger partial charge on any atom is 0.181 e. The summed E-state index contributed by atoms with van der Waals surface area (Å²) in [5.74, 6) is 0.858. The van der Waals surface area contributed by atoms with E-state index in [1.165, 1.54) is 7.11 Å². The third kappa shape index (κ3) is 2.75. The van der Waals surface area contributed by atoms with Gasteiger partial charge in [0.2, 0.25) is 0 Å². The molecule has 0 unspecified atom stereocenters. The number of hydrogen-bond donors (Lipinski definition) is 1. The number of nitrogens with zero attached hydrogens (tertiary/aromatic N) is 1. The van der Waals surface area contributed by atoms with Gasteiger partial charge in [-0.15, -0.1) is 0 Å². The van der Waals surface area contributed by atoms with Crippen molar-refractivity contribution in [3.8, 4) is 17.6 Å². The molecule has 1 aromatic carbocycles. The minimum Gasteiger partial charge on any atom is -0.493 e. The maximum atomic E-state index is 8.40. The van der Waals surface area contributed by atoms with E-state index in [4.69, 9.17) is 32.1 Å². The van der Waals surface area contributed by atoms with Crippen LogP contribution in [0, 0.1) is 11.3 Å². The van der Waals surface area contributed by atoms with Gasteiger partial charge in [-0.1, -0.05) is 11.6 Å². The van der Waals surface area contributed by atoms with Gasteiger partial charge >= 0.3 is 0 Å². The van der Waals surface area contributed by atoms with Crippen molar-refractivity contribution in [2.45, 2.75) is 6.54 Å². The molecule has 0 heterocycles. The molecule has 0 saturated heterocycles. The van der Waals surface area contributed by atoms with Gasteiger partial charge in [-0.05, 0) is 17.7 Å². The summed E-state index contributed by atoms with van der Waals surface area (Å²) in [5.41, 5.74) is 6.33. The first kappa shape index (κ1) is 11.6. The number of ether oxygens (including phenoxy) is 2. The zero-order valence-corrected chi connectivity index (χ0v) is 9.04. The van der Waals surface area contributed by atoms with E-state index in [1.54, 1.807) is 12.1 Å². The van der Waals surface area contributed by atoms with Gasteiger partial charge in [0.25, 0.3) is 0 Å². The van der Waals surface area contributed by atoms with E-state index in [9.17, 15) is 0 Å². The van der Waals surface area contributed by atoms with Crippen molar-refractivity contribution >= 4 is 11.6 Å². The molecule has 5 heteroatoms. The number of rotatable bonds is 4. The largest absolute Gasteiger partial charge is 0.493 e. The van der Waals surface area contributed by atoms with Crippen molar-refractivity contribution in [2.75, 3.05) is 13.7 Å². The van der Waals surface area contributed by atoms with Crippen LogP contribution < -0.4 is 15.2 Å². The number of hydrogen-bond acceptors (Lipinski definition) is 4. The molecular weight excluding hydrogens is 216 g/mol. The highest BCUT2D eigenvalue weighted by Crippen LogP contribution is 2.36. The van der Waals surface area contributed by atoms with Crippen LogP contribution in [0.15, 0.2) is 12.1 Å². The molecular formula is C10H11ClN2O2. The Bertz CT molecular complexity index is 388. The molecule has 2 N–H and O–H groups in total. The molecule has 0 aromatic heterocycles. The van der Waals surface area contributed by atoms with Crippen LogP contribution in [0.25, 0.3) is 0 Å². The average Bonchev–Trinajstić information content (AvgIpc) is 2.26. The number of nitriles is 1. The Morgan fingerprint density at radius 2 is 2.27 bits per heavy atom. The first-order chi connectivity index (χ1) is 7.22. The van der Waals surface area contributed by atoms with E-state index >= 15 is 0 Å². The van der Waals surface area contributed by atoms with Crippen LogP contribution in [0.4, 0.5) is 0 Å². The molecule has 0 atom stereocenters. The van der Waals surface area contributed by atoms with Crippen molar-refractivity contribution in [3.05, 3.63) is 22.7 Å². The lowest BCUT2D eigenvalue weighted by atomic mass is 10.2. The van der Waals surface area contributed by atoms with Crippen molar-refractivity contribution in [2.24, 2.45) is 5.73 Å². The molecule has 0 radical (unpaired) electrons. The lowest BCUT2D eigenvalue weighted by Gasteiger charge is -2.11. The van der Waals surface area contributed by atoms with Crippen molar-refractivity contribution in [3.63, 3.8) is 0 Å². The van der Waals surface area contributed by atoms with Crippen LogP contribution in [-0.4, -0.2) is 13.7 Å². The highest BCUT2D eigenvalue weighted by molar-refractivity contribution is 6.32. The van der Waals surface area contributed by atoms with Gasteiger partial charge in [0.1, 0.15) is 6.07 Å². The molecule has 0 fully saturated rings. The standard InChI is InChI=1S/C10H11ClN2O2/c1-14-9-5-7(6-13)4-8(11)10(9)15-3-2-12/h4-5H,3,6,13H2,1H3. The third-order valence-corrected chi connectivity index (χ3v) is 2.09. The van der Waals surface area contributed by atoms with Crippen LogP contribution in [0.3, 0.4) is 0 Å². The van der Waals surface area contributed by atoms with Gasteiger partial charge in [-0.2, -0.15) is 5.26 Å². The van der Waals surface area contributed by atoms with E-state index in [-0.39, 0.29) is 6.61 Å². The molecule has 0 aliphatic carbocycles. The molecule has 0 aliphatic rings. The fourth-order valence-electron chi connectivity index (χ4n) is 1.14. The van der Waals surface area contributed by atoms with Gasteiger partial charge in [0.15, 0.2) is 18.1 Å². The minimum absolute atomic E-state index is 0.0714. The SMILES string of the molecule is COc1cc(CN)cc(Cl)c1OCC#N. The third-order valence-electron chi connectivity index (χ3n) is 1.81. The predicted molar refractivity (Wildman–Crippen MR) is 57.0 cm³/mol. The number of methoxy groups -OCH3 is 1. The molecule has 1 aromatic rings. The molecule has 15 heavy (non-hydrogen) atoms. The summed E-state index contributed by atoms with van der Waals surface area (Å²) >= 11 is 5.96. The highest BCUT2D eigenvalue weighted by Gasteiger charge is 2.11. The van der Waals surface area contributed by atoms with Crippen molar-refractivity contribution < 1.29 is 9.47 Å². The summed E-state index contributed by atoms with van der Waals surface area (Å²) in [6.45, 7) is 0.298. The Labute approximate surface area is 93.2 Å². The quantitative estimate of drug-likeness (QED) is 0.849. The second-order valence-corrected chi connectivity index (χ2v) is 3.17. The topological polar surface area (TPSA) is 68.3 Å². The van der Waals surface area contributed by atoms with Crippen LogP contribution in [0.5, 0.6) is 11.5 Å². The summed E-state index contributed by atoms with van der Waals surface area (Å²) in [6, 6.07) is 5.29. The molecule has 0 amide bonds. The Morgan fingerprint density at radius 1 is 1.53 bits per heavy atom. The summed E-state index contributed by atoms with van der Waals surface area (Å²) < 4.78 is 10.2. The lowest BCUT2D eigenvalue weighted by Crippen LogP contribution is -2.01. The monoisotopic (exact) mass is 226 g/mol. The molecule has 4 nitrogen and oxygen atoms in total. The zero-order valence-electron chi connectivity index (χ0n) is 8.29. The fourth-order valence-corrected chi connectivity index (χ4v) is 1.42. The molecule has 1 rings (SSSR count). The minimum atomic E-state index is -0.0714. The normalized spacial score (nSPS) is 9.47. The number of benzene rings is 1. The van der Waals surface area contributed by atoms with Gasteiger partial charge in [0, 0.05) is 6.54 Å². The lowest BCUT2D eigenvalue weighted by molar-refractivity contribution is 0.329. The smallest absolute Gasteiger partial charge is 0.181 e. The van der Waals surface area contributed by atoms with Crippen LogP contribution >= 0.6 is 11.6 Å². The first-order valence-corrected chi connectivity index (χ1v) is 4.67. The summed E-state index contributed by atoms with van der Waals surface area (Å²) in [6.07, 6.45) is 0. The molecule has 0 spiro atoms. The summed E-state index contributed by atoms with van der Waals surface area (Å²) in [4.78, 5) is 0. The Morgan fingerprint density at radius 3 is 2.80 bits per heavy atom. The maximum absolute atomic E-state index is 8.40. The van der Waals surface area contributed by atoms with Gasteiger partial charge in [-0.3, -0.25) is 0 Å². The van der Waals surface area contributed by atoms with E-state index in [2.05, 4.69) is 0 Å². The van der Waals surface area contributed by atoms with Crippen molar-refractivity contribution in [1.29, 1.82) is 5.26 Å². The van der Waals surface area contributed by atoms with Crippen LogP contribution in [0.2, 0.25) is 5.02 Å². The molecule has 0 aliphatic heterocycles. The van der Waals surface area contributed by atoms with Gasteiger partial charge in [-0.25, -0.2) is 0 Å². The molecule has 80 valence electrons. The van der Waals surface area contributed by atoms with Crippen molar-refractivity contribution in [1.82, 2.24) is 0 Å². The highest BCUT2D eigenvalue weighted by atomic mass is 35.5. The second-order valence-electron chi connectivity index (χ2n) is 2.76. The average molecular weight is 227 g/mol. The Kier molecular flexibility index (Phi) is 4.22. The summed E-state index contributed by atoms with van der Waals surface area (Å²) in [5, 5.41) is 8.80. The fraction of sp³-hybridized carbons (Fsp3) is 0.300. The molecule has 0 bridgehead atoms. The van der Waals surface area contributed by atoms with E-state index in [0.29, 0.717) is 23.1 Å². The van der Waals surface area contributed by atoms with E-state index in [0.717, 1.165) is 5.56 Å². The van der Waals surface area contributed by atoms with Crippen LogP contribution in [0.1, 0.15) is 5.56 Å². The molecule has 0 saturated carbocycles. The number of halogens is 1. The van der Waals surface area contributed by atoms with Crippen LogP contribution in [-0.2, 0) is 6.54 Å². The zero-order chi connectivity index (χ0) is 11.3. The van der Waals surface area contributed by atoms with Gasteiger partial charge in [0.05, 0.1) is 12.1 Å². The summed E-state index contributed by atoms with van der Waals surface area (Å²) in [7, 11) is 1.51. The van der Waals surface area contributed by atoms with E-state index < -0.39 is 0 Å². The van der Waals surface area contributed by atoms with Gasteiger partial charge < -0.3 is 15.2 Å². The van der Waals surface area contributed by atoms with E-state index in [1.807, 2.05) is 6.07 Å². The Hall–Kier alpha value is -1.44.